The highest BCUT2D eigenvalue weighted by Crippen LogP contribution is 1.95. The summed E-state index contributed by atoms with van der Waals surface area (Å²) in [6.07, 6.45) is -1.44. The van der Waals surface area contributed by atoms with E-state index in [-0.39, 0.29) is 4.48 Å². The first-order chi connectivity index (χ1) is 3.85. The van der Waals surface area contributed by atoms with E-state index in [1.165, 1.54) is 0 Å². The summed E-state index contributed by atoms with van der Waals surface area (Å²) >= 11 is 0. The van der Waals surface area contributed by atoms with Crippen LogP contribution in [0.1, 0.15) is 0 Å². The summed E-state index contributed by atoms with van der Waals surface area (Å²) in [5.41, 5.74) is 0. The van der Waals surface area contributed by atoms with Crippen LogP contribution in [0.3, 0.4) is 0 Å². The maximum absolute atomic E-state index is 9.97. The number of carboxylic acid groups (broad SMARTS) is 1. The molecule has 0 aliphatic heterocycles. The monoisotopic (exact) mass is 133 g/mol. The van der Waals surface area contributed by atoms with Gasteiger partial charge in [-0.2, -0.15) is 0 Å². The van der Waals surface area contributed by atoms with Crippen molar-refractivity contribution in [2.75, 3.05) is 21.1 Å². The average Bonchev–Trinajstić information content (AvgIpc) is 1.62. The summed E-state index contributed by atoms with van der Waals surface area (Å²) in [5.74, 6) is -1.44. The first kappa shape index (κ1) is 8.39. The summed E-state index contributed by atoms with van der Waals surface area (Å²) in [5, 5.41) is 18.7. The molecule has 0 radical (unpaired) electrons. The molecule has 54 valence electrons. The number of aliphatic hydroxyl groups is 1. The summed E-state index contributed by atoms with van der Waals surface area (Å²) in [7, 11) is 4.71. The maximum atomic E-state index is 9.97. The van der Waals surface area contributed by atoms with Gasteiger partial charge < -0.3 is 19.5 Å². The van der Waals surface area contributed by atoms with Crippen LogP contribution in [0, 0.1) is 0 Å². The Hall–Kier alpha value is -0.610. The van der Waals surface area contributed by atoms with E-state index in [0.717, 1.165) is 0 Å². The fraction of sp³-hybridized carbons (Fsp3) is 0.800. The molecule has 0 bridgehead atoms. The quantitative estimate of drug-likeness (QED) is 0.342. The molecular weight excluding hydrogens is 122 g/mol. The maximum Gasteiger partial charge on any atom is 0.231 e. The Bertz CT molecular complexity index is 116. The fourth-order valence-corrected chi connectivity index (χ4v) is 0.316. The Balaban J connectivity index is 4.04. The standard InChI is InChI=1S/C5H11NO3/c1-6(2,3)4(7)5(8)9/h4,7H,1-3H3. The van der Waals surface area contributed by atoms with Crippen molar-refractivity contribution in [1.82, 2.24) is 0 Å². The molecule has 0 aliphatic rings. The van der Waals surface area contributed by atoms with Gasteiger partial charge in [0, 0.05) is 0 Å². The number of nitrogens with zero attached hydrogens (tertiary/aromatic N) is 1. The fourth-order valence-electron chi connectivity index (χ4n) is 0.316. The zero-order valence-corrected chi connectivity index (χ0v) is 5.79. The van der Waals surface area contributed by atoms with Crippen molar-refractivity contribution in [3.05, 3.63) is 0 Å². The van der Waals surface area contributed by atoms with Crippen molar-refractivity contribution < 1.29 is 19.5 Å². The van der Waals surface area contributed by atoms with Gasteiger partial charge in [0.15, 0.2) is 0 Å². The topological polar surface area (TPSA) is 60.4 Å². The number of aliphatic hydroxyl groups excluding tert-OH is 1. The Kier molecular flexibility index (Phi) is 2.17. The lowest BCUT2D eigenvalue weighted by atomic mass is 10.4. The molecule has 0 aromatic rings. The number of carbonyl (C=O) groups excluding carboxylic acids is 1. The van der Waals surface area contributed by atoms with Crippen LogP contribution in [0.4, 0.5) is 0 Å². The second-order valence-corrected chi connectivity index (χ2v) is 2.81. The minimum atomic E-state index is -1.44. The van der Waals surface area contributed by atoms with Gasteiger partial charge in [0.2, 0.25) is 6.23 Å². The molecule has 0 saturated carbocycles. The third kappa shape index (κ3) is 2.43. The van der Waals surface area contributed by atoms with Crippen LogP contribution in [-0.4, -0.2) is 42.9 Å². The predicted octanol–water partition coefficient (Wildman–Crippen LogP) is -2.24. The first-order valence-corrected chi connectivity index (χ1v) is 2.55. The molecule has 4 heteroatoms. The molecule has 4 nitrogen and oxygen atoms in total. The van der Waals surface area contributed by atoms with Crippen molar-refractivity contribution in [2.24, 2.45) is 0 Å². The van der Waals surface area contributed by atoms with Gasteiger partial charge in [-0.1, -0.05) is 0 Å². The molecule has 0 heterocycles. The van der Waals surface area contributed by atoms with E-state index in [4.69, 9.17) is 5.11 Å². The molecule has 0 aromatic heterocycles. The number of carbonyl (C=O) groups is 1. The lowest BCUT2D eigenvalue weighted by molar-refractivity contribution is -0.911. The summed E-state index contributed by atoms with van der Waals surface area (Å²) in [4.78, 5) is 9.97. The Morgan fingerprint density at radius 1 is 1.56 bits per heavy atom. The highest BCUT2D eigenvalue weighted by molar-refractivity contribution is 5.67. The van der Waals surface area contributed by atoms with Gasteiger partial charge in [-0.25, -0.2) is 0 Å². The SMILES string of the molecule is C[N+](C)(C)C(O)C(=O)[O-]. The van der Waals surface area contributed by atoms with E-state index in [9.17, 15) is 9.90 Å². The van der Waals surface area contributed by atoms with Crippen molar-refractivity contribution in [2.45, 2.75) is 6.23 Å². The number of hydrogen-bond acceptors (Lipinski definition) is 3. The number of aliphatic carboxylic acids is 1. The number of hydrogen-bond donors (Lipinski definition) is 1. The zero-order chi connectivity index (χ0) is 7.65. The number of carboxylic acids is 1. The minimum Gasteiger partial charge on any atom is -0.542 e. The molecule has 0 amide bonds. The van der Waals surface area contributed by atoms with Crippen LogP contribution < -0.4 is 5.11 Å². The lowest BCUT2D eigenvalue weighted by Gasteiger charge is -2.29. The van der Waals surface area contributed by atoms with E-state index in [1.807, 2.05) is 0 Å². The zero-order valence-electron chi connectivity index (χ0n) is 5.79. The smallest absolute Gasteiger partial charge is 0.231 e. The molecule has 0 saturated heterocycles. The first-order valence-electron chi connectivity index (χ1n) is 2.55. The third-order valence-corrected chi connectivity index (χ3v) is 0.945. The van der Waals surface area contributed by atoms with Crippen LogP contribution in [0.5, 0.6) is 0 Å². The predicted molar refractivity (Wildman–Crippen MR) is 29.0 cm³/mol. The molecule has 0 rings (SSSR count). The molecular formula is C5H11NO3. The van der Waals surface area contributed by atoms with Gasteiger partial charge in [0.25, 0.3) is 0 Å². The summed E-state index contributed by atoms with van der Waals surface area (Å²) in [6.45, 7) is 0. The van der Waals surface area contributed by atoms with E-state index < -0.39 is 12.2 Å². The Morgan fingerprint density at radius 2 is 1.89 bits per heavy atom. The van der Waals surface area contributed by atoms with E-state index >= 15 is 0 Å². The Morgan fingerprint density at radius 3 is 1.89 bits per heavy atom. The van der Waals surface area contributed by atoms with Gasteiger partial charge in [0.05, 0.1) is 21.1 Å². The number of likely N-dealkylation sites (N-methyl/N-ethyl adjacent to an activating group) is 1. The summed E-state index contributed by atoms with van der Waals surface area (Å²) in [6, 6.07) is 0. The van der Waals surface area contributed by atoms with Crippen molar-refractivity contribution in [3.8, 4) is 0 Å². The van der Waals surface area contributed by atoms with Crippen LogP contribution in [0.2, 0.25) is 0 Å². The molecule has 0 spiro atoms. The molecule has 0 fully saturated rings. The van der Waals surface area contributed by atoms with E-state index in [1.54, 1.807) is 21.1 Å². The van der Waals surface area contributed by atoms with Gasteiger partial charge in [-0.15, -0.1) is 0 Å². The second kappa shape index (κ2) is 2.33. The molecule has 1 atom stereocenters. The molecule has 1 unspecified atom stereocenters. The number of rotatable bonds is 2. The van der Waals surface area contributed by atoms with Gasteiger partial charge in [-0.3, -0.25) is 0 Å². The molecule has 0 aromatic carbocycles. The van der Waals surface area contributed by atoms with Gasteiger partial charge >= 0.3 is 0 Å². The van der Waals surface area contributed by atoms with Crippen LogP contribution in [0.15, 0.2) is 0 Å². The normalized spacial score (nSPS) is 15.1. The van der Waals surface area contributed by atoms with Crippen LogP contribution in [-0.2, 0) is 4.79 Å². The largest absolute Gasteiger partial charge is 0.542 e. The highest BCUT2D eigenvalue weighted by atomic mass is 16.4. The van der Waals surface area contributed by atoms with Crippen LogP contribution >= 0.6 is 0 Å². The van der Waals surface area contributed by atoms with Crippen LogP contribution in [0.25, 0.3) is 0 Å². The summed E-state index contributed by atoms with van der Waals surface area (Å²) < 4.78 is -0.0394. The van der Waals surface area contributed by atoms with Crippen molar-refractivity contribution in [1.29, 1.82) is 0 Å². The van der Waals surface area contributed by atoms with Crippen molar-refractivity contribution in [3.63, 3.8) is 0 Å². The van der Waals surface area contributed by atoms with Gasteiger partial charge in [0.1, 0.15) is 5.97 Å². The second-order valence-electron chi connectivity index (χ2n) is 2.81. The average molecular weight is 133 g/mol. The minimum absolute atomic E-state index is 0.0394. The molecule has 1 N–H and O–H groups in total. The molecule has 0 aliphatic carbocycles. The van der Waals surface area contributed by atoms with Gasteiger partial charge in [-0.05, 0) is 0 Å². The highest BCUT2D eigenvalue weighted by Gasteiger charge is 2.20. The van der Waals surface area contributed by atoms with E-state index in [0.29, 0.717) is 0 Å². The number of quaternary nitrogens is 1. The lowest BCUT2D eigenvalue weighted by Crippen LogP contribution is -2.54. The van der Waals surface area contributed by atoms with E-state index in [2.05, 4.69) is 0 Å². The Labute approximate surface area is 53.9 Å². The molecule has 9 heavy (non-hydrogen) atoms. The van der Waals surface area contributed by atoms with Crippen molar-refractivity contribution >= 4 is 5.97 Å². The third-order valence-electron chi connectivity index (χ3n) is 0.945.